The average molecular weight is 403 g/mol. The van der Waals surface area contributed by atoms with E-state index in [4.69, 9.17) is 21.9 Å². The Hall–Kier alpha value is -2.93. The minimum Gasteiger partial charge on any atom is -0.491 e. The SMILES string of the molecule is CC1(C)N=C(N)N=C(N)N1c1ccc(OCCCc2ccccc2)c(N)c1.Cl. The highest BCUT2D eigenvalue weighted by atomic mass is 35.5. The third-order valence-electron chi connectivity index (χ3n) is 4.36. The van der Waals surface area contributed by atoms with Crippen molar-refractivity contribution in [1.29, 1.82) is 0 Å². The molecule has 2 aromatic carbocycles. The Kier molecular flexibility index (Phi) is 6.75. The molecule has 0 saturated heterocycles. The lowest BCUT2D eigenvalue weighted by Gasteiger charge is -2.38. The van der Waals surface area contributed by atoms with Gasteiger partial charge in [0, 0.05) is 5.69 Å². The molecule has 2 aromatic rings. The Bertz CT molecular complexity index is 866. The molecule has 0 radical (unpaired) electrons. The van der Waals surface area contributed by atoms with Crippen LogP contribution in [0.2, 0.25) is 0 Å². The van der Waals surface area contributed by atoms with Crippen LogP contribution in [0.25, 0.3) is 0 Å². The molecule has 0 saturated carbocycles. The van der Waals surface area contributed by atoms with E-state index in [0.29, 0.717) is 18.0 Å². The molecular formula is C20H27ClN6O. The number of nitrogens with two attached hydrogens (primary N) is 3. The van der Waals surface area contributed by atoms with Crippen LogP contribution in [0, 0.1) is 0 Å². The lowest BCUT2D eigenvalue weighted by molar-refractivity contribution is 0.312. The van der Waals surface area contributed by atoms with E-state index in [0.717, 1.165) is 18.5 Å². The average Bonchev–Trinajstić information content (AvgIpc) is 2.59. The number of halogens is 1. The van der Waals surface area contributed by atoms with Crippen molar-refractivity contribution in [2.45, 2.75) is 32.4 Å². The zero-order chi connectivity index (χ0) is 19.4. The molecular weight excluding hydrogens is 376 g/mol. The largest absolute Gasteiger partial charge is 0.491 e. The third kappa shape index (κ3) is 4.86. The Morgan fingerprint density at radius 1 is 1.04 bits per heavy atom. The predicted octanol–water partition coefficient (Wildman–Crippen LogP) is 2.89. The molecule has 0 aromatic heterocycles. The maximum Gasteiger partial charge on any atom is 0.220 e. The van der Waals surface area contributed by atoms with Gasteiger partial charge >= 0.3 is 0 Å². The maximum atomic E-state index is 6.19. The van der Waals surface area contributed by atoms with Gasteiger partial charge in [-0.1, -0.05) is 30.3 Å². The fraction of sp³-hybridized carbons (Fsp3) is 0.300. The minimum atomic E-state index is -0.652. The predicted molar refractivity (Wildman–Crippen MR) is 118 cm³/mol. The van der Waals surface area contributed by atoms with Crippen LogP contribution in [-0.4, -0.2) is 24.2 Å². The van der Waals surface area contributed by atoms with Crippen LogP contribution in [0.15, 0.2) is 58.5 Å². The fourth-order valence-corrected chi connectivity index (χ4v) is 3.16. The van der Waals surface area contributed by atoms with E-state index in [9.17, 15) is 0 Å². The summed E-state index contributed by atoms with van der Waals surface area (Å²) in [6, 6.07) is 15.9. The summed E-state index contributed by atoms with van der Waals surface area (Å²) in [5.41, 5.74) is 19.9. The first-order valence-electron chi connectivity index (χ1n) is 8.93. The number of hydrogen-bond donors (Lipinski definition) is 3. The smallest absolute Gasteiger partial charge is 0.220 e. The summed E-state index contributed by atoms with van der Waals surface area (Å²) in [6.07, 6.45) is 1.88. The molecule has 1 aliphatic heterocycles. The van der Waals surface area contributed by atoms with Crippen LogP contribution in [0.3, 0.4) is 0 Å². The molecule has 1 heterocycles. The number of ether oxygens (including phenoxy) is 1. The van der Waals surface area contributed by atoms with E-state index in [1.807, 2.05) is 50.2 Å². The summed E-state index contributed by atoms with van der Waals surface area (Å²) in [6.45, 7) is 4.41. The Labute approximate surface area is 171 Å². The lowest BCUT2D eigenvalue weighted by atomic mass is 10.1. The Morgan fingerprint density at radius 2 is 1.75 bits per heavy atom. The van der Waals surface area contributed by atoms with Crippen LogP contribution in [0.4, 0.5) is 11.4 Å². The molecule has 0 bridgehead atoms. The number of aryl methyl sites for hydroxylation is 1. The number of rotatable bonds is 6. The highest BCUT2D eigenvalue weighted by molar-refractivity contribution is 6.05. The van der Waals surface area contributed by atoms with Gasteiger partial charge in [0.1, 0.15) is 11.4 Å². The first-order chi connectivity index (χ1) is 12.9. The quantitative estimate of drug-likeness (QED) is 0.507. The van der Waals surface area contributed by atoms with Crippen molar-refractivity contribution in [2.24, 2.45) is 21.5 Å². The number of nitrogen functional groups attached to an aromatic ring is 1. The van der Waals surface area contributed by atoms with Crippen molar-refractivity contribution < 1.29 is 4.74 Å². The van der Waals surface area contributed by atoms with Gasteiger partial charge in [0.15, 0.2) is 0 Å². The summed E-state index contributed by atoms with van der Waals surface area (Å²) in [5.74, 6) is 1.10. The number of guanidine groups is 2. The van der Waals surface area contributed by atoms with Gasteiger partial charge in [-0.05, 0) is 50.5 Å². The highest BCUT2D eigenvalue weighted by Crippen LogP contribution is 2.32. The second kappa shape index (κ2) is 8.84. The van der Waals surface area contributed by atoms with Crippen molar-refractivity contribution in [3.8, 4) is 5.75 Å². The molecule has 150 valence electrons. The van der Waals surface area contributed by atoms with Crippen molar-refractivity contribution in [1.82, 2.24) is 0 Å². The van der Waals surface area contributed by atoms with Gasteiger partial charge in [-0.15, -0.1) is 12.4 Å². The van der Waals surface area contributed by atoms with Gasteiger partial charge in [0.05, 0.1) is 12.3 Å². The van der Waals surface area contributed by atoms with Crippen molar-refractivity contribution >= 4 is 35.7 Å². The van der Waals surface area contributed by atoms with Crippen LogP contribution < -0.4 is 26.8 Å². The number of nitrogens with zero attached hydrogens (tertiary/aromatic N) is 3. The monoisotopic (exact) mass is 402 g/mol. The van der Waals surface area contributed by atoms with E-state index in [-0.39, 0.29) is 24.3 Å². The van der Waals surface area contributed by atoms with Crippen LogP contribution in [-0.2, 0) is 6.42 Å². The molecule has 28 heavy (non-hydrogen) atoms. The van der Waals surface area contributed by atoms with E-state index >= 15 is 0 Å². The van der Waals surface area contributed by atoms with Gasteiger partial charge in [-0.2, -0.15) is 4.99 Å². The summed E-state index contributed by atoms with van der Waals surface area (Å²) in [4.78, 5) is 10.2. The highest BCUT2D eigenvalue weighted by Gasteiger charge is 2.33. The summed E-state index contributed by atoms with van der Waals surface area (Å²) < 4.78 is 5.84. The summed E-state index contributed by atoms with van der Waals surface area (Å²) in [7, 11) is 0. The van der Waals surface area contributed by atoms with Gasteiger partial charge in [0.25, 0.3) is 0 Å². The number of hydrogen-bond acceptors (Lipinski definition) is 7. The molecule has 0 aliphatic carbocycles. The van der Waals surface area contributed by atoms with Crippen LogP contribution in [0.5, 0.6) is 5.75 Å². The summed E-state index contributed by atoms with van der Waals surface area (Å²) >= 11 is 0. The first-order valence-corrected chi connectivity index (χ1v) is 8.93. The van der Waals surface area contributed by atoms with Crippen LogP contribution in [0.1, 0.15) is 25.8 Å². The van der Waals surface area contributed by atoms with E-state index in [1.54, 1.807) is 4.90 Å². The second-order valence-corrected chi connectivity index (χ2v) is 6.93. The third-order valence-corrected chi connectivity index (χ3v) is 4.36. The molecule has 0 unspecified atom stereocenters. The molecule has 1 aliphatic rings. The lowest BCUT2D eigenvalue weighted by Crippen LogP contribution is -2.54. The summed E-state index contributed by atoms with van der Waals surface area (Å²) in [5, 5.41) is 0. The molecule has 0 atom stereocenters. The van der Waals surface area contributed by atoms with E-state index in [1.165, 1.54) is 5.56 Å². The maximum absolute atomic E-state index is 6.19. The van der Waals surface area contributed by atoms with E-state index < -0.39 is 5.66 Å². The van der Waals surface area contributed by atoms with Gasteiger partial charge in [0.2, 0.25) is 11.9 Å². The molecule has 6 N–H and O–H groups in total. The molecule has 7 nitrogen and oxygen atoms in total. The molecule has 8 heteroatoms. The zero-order valence-electron chi connectivity index (χ0n) is 16.1. The standard InChI is InChI=1S/C20H26N6O.ClH/c1-20(2)25-18(22)24-19(23)26(20)15-10-11-17(16(21)13-15)27-12-6-9-14-7-4-3-5-8-14;/h3-5,7-8,10-11,13H,6,9,12,21H2,1-2H3,(H4,22,23,24,25);1H. The molecule has 3 rings (SSSR count). The van der Waals surface area contributed by atoms with E-state index in [2.05, 4.69) is 22.1 Å². The van der Waals surface area contributed by atoms with Crippen LogP contribution >= 0.6 is 12.4 Å². The van der Waals surface area contributed by atoms with Crippen molar-refractivity contribution in [2.75, 3.05) is 17.2 Å². The molecule has 0 spiro atoms. The molecule has 0 fully saturated rings. The van der Waals surface area contributed by atoms with Gasteiger partial charge < -0.3 is 21.9 Å². The van der Waals surface area contributed by atoms with Crippen molar-refractivity contribution in [3.63, 3.8) is 0 Å². The number of benzene rings is 2. The second-order valence-electron chi connectivity index (χ2n) is 6.93. The Balaban J connectivity index is 0.00000280. The topological polar surface area (TPSA) is 115 Å². The fourth-order valence-electron chi connectivity index (χ4n) is 3.16. The minimum absolute atomic E-state index is 0. The molecule has 0 amide bonds. The zero-order valence-corrected chi connectivity index (χ0v) is 16.9. The number of aliphatic imine (C=N–C) groups is 2. The van der Waals surface area contributed by atoms with Gasteiger partial charge in [-0.3, -0.25) is 4.90 Å². The normalized spacial score (nSPS) is 15.3. The Morgan fingerprint density at radius 3 is 2.39 bits per heavy atom. The van der Waals surface area contributed by atoms with Gasteiger partial charge in [-0.25, -0.2) is 4.99 Å². The van der Waals surface area contributed by atoms with Crippen molar-refractivity contribution in [3.05, 3.63) is 54.1 Å². The first kappa shape index (κ1) is 21.4. The number of anilines is 2.